The Morgan fingerprint density at radius 3 is 2.12 bits per heavy atom. The van der Waals surface area contributed by atoms with Crippen molar-refractivity contribution in [3.05, 3.63) is 35.9 Å². The fraction of sp³-hybridized carbons (Fsp3) is 0.385. The molecule has 0 aliphatic heterocycles. The van der Waals surface area contributed by atoms with Crippen LogP contribution in [0.25, 0.3) is 0 Å². The molecule has 1 aromatic carbocycles. The van der Waals surface area contributed by atoms with E-state index in [1.807, 2.05) is 6.07 Å². The van der Waals surface area contributed by atoms with E-state index in [0.29, 0.717) is 5.56 Å². The predicted octanol–water partition coefficient (Wildman–Crippen LogP) is 2.66. The summed E-state index contributed by atoms with van der Waals surface area (Å²) in [6.45, 7) is 5.34. The van der Waals surface area contributed by atoms with E-state index in [1.54, 1.807) is 45.0 Å². The van der Waals surface area contributed by atoms with Crippen LogP contribution < -0.4 is 5.32 Å². The molecule has 0 radical (unpaired) electrons. The van der Waals surface area contributed by atoms with E-state index >= 15 is 0 Å². The van der Waals surface area contributed by atoms with Gasteiger partial charge in [-0.1, -0.05) is 51.1 Å². The van der Waals surface area contributed by atoms with Crippen LogP contribution in [0.2, 0.25) is 0 Å². The maximum absolute atomic E-state index is 11.8. The molecule has 4 heteroatoms. The van der Waals surface area contributed by atoms with Crippen molar-refractivity contribution in [1.29, 1.82) is 0 Å². The number of hydrogen-bond donors (Lipinski definition) is 1. The molecule has 0 spiro atoms. The number of benzene rings is 1. The number of nitrogens with one attached hydrogen (secondary N) is 1. The van der Waals surface area contributed by atoms with Gasteiger partial charge in [0.15, 0.2) is 0 Å². The third kappa shape index (κ3) is 3.86. The fourth-order valence-electron chi connectivity index (χ4n) is 1.26. The van der Waals surface area contributed by atoms with Gasteiger partial charge in [0.2, 0.25) is 11.1 Å². The number of carbonyl (C=O) groups is 2. The highest BCUT2D eigenvalue weighted by Gasteiger charge is 2.27. The zero-order chi connectivity index (χ0) is 13.1. The molecule has 0 saturated heterocycles. The van der Waals surface area contributed by atoms with Crippen LogP contribution >= 0.6 is 11.6 Å². The number of carbonyl (C=O) groups excluding carboxylic acids is 2. The Hall–Kier alpha value is -1.35. The summed E-state index contributed by atoms with van der Waals surface area (Å²) in [6.07, 6.45) is 0. The second kappa shape index (κ2) is 5.32. The van der Waals surface area contributed by atoms with Gasteiger partial charge in [0.05, 0.1) is 0 Å². The molecule has 0 saturated carbocycles. The van der Waals surface area contributed by atoms with Gasteiger partial charge >= 0.3 is 0 Å². The maximum Gasteiger partial charge on any atom is 0.248 e. The second-order valence-electron chi connectivity index (χ2n) is 4.87. The Labute approximate surface area is 106 Å². The van der Waals surface area contributed by atoms with Gasteiger partial charge in [0.1, 0.15) is 6.04 Å². The Kier molecular flexibility index (Phi) is 4.29. The lowest BCUT2D eigenvalue weighted by molar-refractivity contribution is -0.131. The van der Waals surface area contributed by atoms with Crippen molar-refractivity contribution >= 4 is 22.8 Å². The number of amides is 1. The van der Waals surface area contributed by atoms with Gasteiger partial charge < -0.3 is 5.32 Å². The highest BCUT2D eigenvalue weighted by molar-refractivity contribution is 6.64. The van der Waals surface area contributed by atoms with Crippen LogP contribution in [0.3, 0.4) is 0 Å². The van der Waals surface area contributed by atoms with Crippen LogP contribution in [0, 0.1) is 5.41 Å². The van der Waals surface area contributed by atoms with E-state index in [4.69, 9.17) is 11.6 Å². The zero-order valence-corrected chi connectivity index (χ0v) is 10.9. The molecule has 17 heavy (non-hydrogen) atoms. The Morgan fingerprint density at radius 2 is 1.71 bits per heavy atom. The molecule has 0 aliphatic carbocycles. The molecule has 1 amide bonds. The van der Waals surface area contributed by atoms with Gasteiger partial charge in [-0.25, -0.2) is 0 Å². The summed E-state index contributed by atoms with van der Waals surface area (Å²) in [4.78, 5) is 23.2. The molecule has 1 rings (SSSR count). The normalized spacial score (nSPS) is 12.9. The van der Waals surface area contributed by atoms with Crippen LogP contribution in [-0.4, -0.2) is 11.1 Å². The average molecular weight is 254 g/mol. The summed E-state index contributed by atoms with van der Waals surface area (Å²) in [5.41, 5.74) is 0.129. The molecule has 0 fully saturated rings. The molecule has 3 nitrogen and oxygen atoms in total. The largest absolute Gasteiger partial charge is 0.341 e. The summed E-state index contributed by atoms with van der Waals surface area (Å²) in [5.74, 6) is -0.208. The lowest BCUT2D eigenvalue weighted by Gasteiger charge is -2.22. The van der Waals surface area contributed by atoms with Crippen molar-refractivity contribution in [2.24, 2.45) is 5.41 Å². The Bertz CT molecular complexity index is 409. The van der Waals surface area contributed by atoms with E-state index in [1.165, 1.54) is 0 Å². The van der Waals surface area contributed by atoms with Crippen LogP contribution in [0.1, 0.15) is 32.4 Å². The molecule has 0 heterocycles. The quantitative estimate of drug-likeness (QED) is 0.842. The maximum atomic E-state index is 11.8. The first-order valence-corrected chi connectivity index (χ1v) is 5.75. The molecule has 1 unspecified atom stereocenters. The van der Waals surface area contributed by atoms with Gasteiger partial charge in [-0.15, -0.1) is 0 Å². The molecule has 1 aromatic rings. The van der Waals surface area contributed by atoms with E-state index < -0.39 is 16.7 Å². The molecule has 1 atom stereocenters. The first-order valence-electron chi connectivity index (χ1n) is 5.37. The van der Waals surface area contributed by atoms with Gasteiger partial charge in [-0.05, 0) is 17.2 Å². The van der Waals surface area contributed by atoms with Crippen molar-refractivity contribution in [3.8, 4) is 0 Å². The topological polar surface area (TPSA) is 46.2 Å². The number of rotatable bonds is 3. The minimum absolute atomic E-state index is 0.208. The van der Waals surface area contributed by atoms with Gasteiger partial charge in [0, 0.05) is 5.41 Å². The van der Waals surface area contributed by atoms with E-state index in [-0.39, 0.29) is 5.91 Å². The van der Waals surface area contributed by atoms with Gasteiger partial charge in [-0.3, -0.25) is 9.59 Å². The molecule has 92 valence electrons. The summed E-state index contributed by atoms with van der Waals surface area (Å²) in [6, 6.07) is 8.16. The van der Waals surface area contributed by atoms with Crippen LogP contribution in [0.15, 0.2) is 30.3 Å². The first-order chi connectivity index (χ1) is 7.82. The van der Waals surface area contributed by atoms with Crippen LogP contribution in [0.4, 0.5) is 0 Å². The molecule has 0 bridgehead atoms. The van der Waals surface area contributed by atoms with E-state index in [2.05, 4.69) is 5.32 Å². The van der Waals surface area contributed by atoms with E-state index in [9.17, 15) is 9.59 Å². The third-order valence-corrected chi connectivity index (χ3v) is 2.53. The molecular formula is C13H16ClNO2. The Morgan fingerprint density at radius 1 is 1.18 bits per heavy atom. The molecule has 1 N–H and O–H groups in total. The highest BCUT2D eigenvalue weighted by atomic mass is 35.5. The van der Waals surface area contributed by atoms with Crippen LogP contribution in [0.5, 0.6) is 0 Å². The van der Waals surface area contributed by atoms with Crippen molar-refractivity contribution in [2.75, 3.05) is 0 Å². The van der Waals surface area contributed by atoms with Gasteiger partial charge in [0.25, 0.3) is 0 Å². The van der Waals surface area contributed by atoms with Crippen molar-refractivity contribution < 1.29 is 9.59 Å². The SMILES string of the molecule is CC(C)(C)C(=O)NC(C(=O)Cl)c1ccccc1. The first kappa shape index (κ1) is 13.7. The molecule has 0 aliphatic rings. The summed E-state index contributed by atoms with van der Waals surface area (Å²) < 4.78 is 0. The molecular weight excluding hydrogens is 238 g/mol. The van der Waals surface area contributed by atoms with Crippen molar-refractivity contribution in [1.82, 2.24) is 5.32 Å². The van der Waals surface area contributed by atoms with Crippen molar-refractivity contribution in [2.45, 2.75) is 26.8 Å². The Balaban J connectivity index is 2.90. The smallest absolute Gasteiger partial charge is 0.248 e. The minimum Gasteiger partial charge on any atom is -0.341 e. The van der Waals surface area contributed by atoms with Crippen molar-refractivity contribution in [3.63, 3.8) is 0 Å². The van der Waals surface area contributed by atoms with E-state index in [0.717, 1.165) is 0 Å². The third-order valence-electron chi connectivity index (χ3n) is 2.32. The lowest BCUT2D eigenvalue weighted by atomic mass is 9.94. The zero-order valence-electron chi connectivity index (χ0n) is 10.2. The van der Waals surface area contributed by atoms with Crippen LogP contribution in [-0.2, 0) is 9.59 Å². The predicted molar refractivity (Wildman–Crippen MR) is 67.6 cm³/mol. The molecule has 0 aromatic heterocycles. The highest BCUT2D eigenvalue weighted by Crippen LogP contribution is 2.19. The summed E-state index contributed by atoms with van der Waals surface area (Å²) in [5, 5.41) is 2.06. The van der Waals surface area contributed by atoms with Gasteiger partial charge in [-0.2, -0.15) is 0 Å². The fourth-order valence-corrected chi connectivity index (χ4v) is 1.44. The summed E-state index contributed by atoms with van der Waals surface area (Å²) >= 11 is 5.52. The number of halogens is 1. The lowest BCUT2D eigenvalue weighted by Crippen LogP contribution is -2.39. The standard InChI is InChI=1S/C13H16ClNO2/c1-13(2,3)12(17)15-10(11(14)16)9-7-5-4-6-8-9/h4-8,10H,1-3H3,(H,15,17). The monoisotopic (exact) mass is 253 g/mol. The summed E-state index contributed by atoms with van der Waals surface area (Å²) in [7, 11) is 0. The minimum atomic E-state index is -0.787. The average Bonchev–Trinajstić information content (AvgIpc) is 2.25. The number of hydrogen-bond acceptors (Lipinski definition) is 2. The second-order valence-corrected chi connectivity index (χ2v) is 5.24.